The number of likely N-dealkylation sites (N-methyl/N-ethyl adjacent to an activating group) is 1. The van der Waals surface area contributed by atoms with E-state index in [1.165, 1.54) is 0 Å². The molecule has 2 fully saturated rings. The number of ether oxygens (including phenoxy) is 2. The van der Waals surface area contributed by atoms with Crippen LogP contribution in [0, 0.1) is 0 Å². The lowest BCUT2D eigenvalue weighted by atomic mass is 10.1. The number of anilines is 1. The molecule has 0 aliphatic carbocycles. The Morgan fingerprint density at radius 3 is 2.23 bits per heavy atom. The zero-order valence-corrected chi connectivity index (χ0v) is 19.8. The van der Waals surface area contributed by atoms with Crippen molar-refractivity contribution in [1.29, 1.82) is 0 Å². The van der Waals surface area contributed by atoms with Gasteiger partial charge in [-0.1, -0.05) is 54.6 Å². The van der Waals surface area contributed by atoms with Crippen LogP contribution in [0.25, 0.3) is 11.1 Å². The molecule has 2 aliphatic heterocycles. The van der Waals surface area contributed by atoms with Crippen molar-refractivity contribution in [3.05, 3.63) is 84.4 Å². The number of carbonyl (C=O) groups is 2. The maximum Gasteiger partial charge on any atom is 0.415 e. The summed E-state index contributed by atoms with van der Waals surface area (Å²) in [4.78, 5) is 30.6. The molecule has 2 aliphatic rings. The third-order valence-corrected chi connectivity index (χ3v) is 6.57. The first-order chi connectivity index (χ1) is 17.1. The quantitative estimate of drug-likeness (QED) is 0.539. The lowest BCUT2D eigenvalue weighted by molar-refractivity contribution is -0.134. The maximum absolute atomic E-state index is 12.6. The van der Waals surface area contributed by atoms with Crippen LogP contribution in [0.2, 0.25) is 0 Å². The van der Waals surface area contributed by atoms with Crippen molar-refractivity contribution in [2.24, 2.45) is 0 Å². The first kappa shape index (κ1) is 22.9. The van der Waals surface area contributed by atoms with E-state index in [1.807, 2.05) is 71.6 Å². The summed E-state index contributed by atoms with van der Waals surface area (Å²) in [7, 11) is 2.06. The number of benzene rings is 3. The Balaban J connectivity index is 1.17. The number of cyclic esters (lactones) is 1. The Labute approximate surface area is 205 Å². The Kier molecular flexibility index (Phi) is 6.68. The highest BCUT2D eigenvalue weighted by Crippen LogP contribution is 2.32. The van der Waals surface area contributed by atoms with Crippen LogP contribution in [0.3, 0.4) is 0 Å². The minimum atomic E-state index is -0.364. The highest BCUT2D eigenvalue weighted by atomic mass is 16.6. The Bertz CT molecular complexity index is 1160. The van der Waals surface area contributed by atoms with Crippen LogP contribution in [0.5, 0.6) is 5.75 Å². The van der Waals surface area contributed by atoms with Crippen molar-refractivity contribution < 1.29 is 19.1 Å². The van der Waals surface area contributed by atoms with Gasteiger partial charge >= 0.3 is 6.09 Å². The van der Waals surface area contributed by atoms with E-state index in [1.54, 1.807) is 4.90 Å². The molecule has 0 radical (unpaired) electrons. The lowest BCUT2D eigenvalue weighted by Gasteiger charge is -2.32. The molecule has 35 heavy (non-hydrogen) atoms. The summed E-state index contributed by atoms with van der Waals surface area (Å²) >= 11 is 0. The van der Waals surface area contributed by atoms with Gasteiger partial charge in [0.05, 0.1) is 6.54 Å². The normalized spacial score (nSPS) is 18.4. The van der Waals surface area contributed by atoms with E-state index in [2.05, 4.69) is 24.1 Å². The van der Waals surface area contributed by atoms with E-state index < -0.39 is 0 Å². The second-order valence-corrected chi connectivity index (χ2v) is 8.94. The molecule has 2 saturated heterocycles. The van der Waals surface area contributed by atoms with E-state index >= 15 is 0 Å². The molecule has 3 aromatic rings. The van der Waals surface area contributed by atoms with Gasteiger partial charge in [0, 0.05) is 31.9 Å². The molecule has 0 N–H and O–H groups in total. The molecule has 0 bridgehead atoms. The largest absolute Gasteiger partial charge is 0.484 e. The average molecular weight is 472 g/mol. The van der Waals surface area contributed by atoms with Gasteiger partial charge in [0.15, 0.2) is 6.61 Å². The van der Waals surface area contributed by atoms with Gasteiger partial charge in [-0.3, -0.25) is 9.69 Å². The van der Waals surface area contributed by atoms with E-state index in [9.17, 15) is 9.59 Å². The van der Waals surface area contributed by atoms with E-state index in [-0.39, 0.29) is 24.7 Å². The van der Waals surface area contributed by atoms with Crippen molar-refractivity contribution >= 4 is 17.7 Å². The molecule has 5 rings (SSSR count). The summed E-state index contributed by atoms with van der Waals surface area (Å²) in [6, 6.07) is 25.4. The fourth-order valence-electron chi connectivity index (χ4n) is 4.38. The number of hydrogen-bond acceptors (Lipinski definition) is 5. The molecule has 3 aromatic carbocycles. The second-order valence-electron chi connectivity index (χ2n) is 8.94. The zero-order chi connectivity index (χ0) is 24.2. The molecule has 2 amide bonds. The molecule has 0 saturated carbocycles. The van der Waals surface area contributed by atoms with Crippen LogP contribution in [0.1, 0.15) is 11.7 Å². The fourth-order valence-corrected chi connectivity index (χ4v) is 4.38. The highest BCUT2D eigenvalue weighted by Gasteiger charge is 2.33. The molecular formula is C28H29N3O4. The lowest BCUT2D eigenvalue weighted by Crippen LogP contribution is -2.48. The standard InChI is InChI=1S/C28H29N3O4/c1-29-15-17-30(18-16-29)27(32)20-34-25-13-9-23(10-14-25)26-19-31(28(33)35-26)24-11-7-22(8-12-24)21-5-3-2-4-6-21/h2-14,26H,15-20H2,1H3. The molecular weight excluding hydrogens is 442 g/mol. The van der Waals surface area contributed by atoms with Gasteiger partial charge in [-0.25, -0.2) is 4.79 Å². The third kappa shape index (κ3) is 5.30. The minimum absolute atomic E-state index is 0.000763. The van der Waals surface area contributed by atoms with Crippen molar-refractivity contribution in [2.45, 2.75) is 6.10 Å². The Morgan fingerprint density at radius 2 is 1.54 bits per heavy atom. The summed E-state index contributed by atoms with van der Waals surface area (Å²) in [5, 5.41) is 0. The molecule has 0 spiro atoms. The maximum atomic E-state index is 12.6. The van der Waals surface area contributed by atoms with Gasteiger partial charge in [0.2, 0.25) is 0 Å². The summed E-state index contributed by atoms with van der Waals surface area (Å²) in [6.45, 7) is 3.69. The monoisotopic (exact) mass is 471 g/mol. The predicted octanol–water partition coefficient (Wildman–Crippen LogP) is 4.20. The average Bonchev–Trinajstić information content (AvgIpc) is 3.30. The molecule has 1 unspecified atom stereocenters. The Morgan fingerprint density at radius 1 is 0.886 bits per heavy atom. The minimum Gasteiger partial charge on any atom is -0.484 e. The van der Waals surface area contributed by atoms with Crippen LogP contribution in [0.15, 0.2) is 78.9 Å². The molecule has 180 valence electrons. The molecule has 2 heterocycles. The smallest absolute Gasteiger partial charge is 0.415 e. The van der Waals surface area contributed by atoms with Crippen LogP contribution in [-0.2, 0) is 9.53 Å². The summed E-state index contributed by atoms with van der Waals surface area (Å²) in [5.41, 5.74) is 3.92. The number of amides is 2. The molecule has 7 nitrogen and oxygen atoms in total. The van der Waals surface area contributed by atoms with Crippen LogP contribution in [0.4, 0.5) is 10.5 Å². The first-order valence-electron chi connectivity index (χ1n) is 11.9. The van der Waals surface area contributed by atoms with Gasteiger partial charge in [-0.2, -0.15) is 0 Å². The number of carbonyl (C=O) groups excluding carboxylic acids is 2. The van der Waals surface area contributed by atoms with Gasteiger partial charge in [-0.05, 0) is 48.0 Å². The van der Waals surface area contributed by atoms with Gasteiger partial charge in [0.25, 0.3) is 5.91 Å². The first-order valence-corrected chi connectivity index (χ1v) is 11.9. The van der Waals surface area contributed by atoms with Gasteiger partial charge in [0.1, 0.15) is 11.9 Å². The number of hydrogen-bond donors (Lipinski definition) is 0. The van der Waals surface area contributed by atoms with Crippen LogP contribution in [-0.4, -0.2) is 68.2 Å². The fraction of sp³-hybridized carbons (Fsp3) is 0.286. The van der Waals surface area contributed by atoms with Crippen molar-refractivity contribution in [3.63, 3.8) is 0 Å². The summed E-state index contributed by atoms with van der Waals surface area (Å²) in [6.07, 6.45) is -0.724. The number of rotatable bonds is 6. The van der Waals surface area contributed by atoms with E-state index in [0.717, 1.165) is 48.6 Å². The van der Waals surface area contributed by atoms with E-state index in [4.69, 9.17) is 9.47 Å². The van der Waals surface area contributed by atoms with Gasteiger partial charge < -0.3 is 19.3 Å². The number of piperazine rings is 1. The SMILES string of the molecule is CN1CCN(C(=O)COc2ccc(C3CN(c4ccc(-c5ccccc5)cc4)C(=O)O3)cc2)CC1. The number of nitrogens with zero attached hydrogens (tertiary/aromatic N) is 3. The van der Waals surface area contributed by atoms with Crippen molar-refractivity contribution in [2.75, 3.05) is 51.3 Å². The van der Waals surface area contributed by atoms with Crippen molar-refractivity contribution in [3.8, 4) is 16.9 Å². The second kappa shape index (κ2) is 10.2. The third-order valence-electron chi connectivity index (χ3n) is 6.57. The predicted molar refractivity (Wildman–Crippen MR) is 134 cm³/mol. The summed E-state index contributed by atoms with van der Waals surface area (Å²) in [5.74, 6) is 0.620. The zero-order valence-electron chi connectivity index (χ0n) is 19.8. The topological polar surface area (TPSA) is 62.3 Å². The Hall–Kier alpha value is -3.84. The van der Waals surface area contributed by atoms with Gasteiger partial charge in [-0.15, -0.1) is 0 Å². The van der Waals surface area contributed by atoms with E-state index in [0.29, 0.717) is 12.3 Å². The molecule has 1 atom stereocenters. The highest BCUT2D eigenvalue weighted by molar-refractivity contribution is 5.90. The van der Waals surface area contributed by atoms with Crippen LogP contribution < -0.4 is 9.64 Å². The van der Waals surface area contributed by atoms with Crippen LogP contribution >= 0.6 is 0 Å². The van der Waals surface area contributed by atoms with Crippen molar-refractivity contribution in [1.82, 2.24) is 9.80 Å². The summed E-state index contributed by atoms with van der Waals surface area (Å²) < 4.78 is 11.3. The molecule has 0 aromatic heterocycles. The molecule has 7 heteroatoms.